The van der Waals surface area contributed by atoms with Crippen LogP contribution in [0.15, 0.2) is 48.7 Å². The minimum Gasteiger partial charge on any atom is -0.493 e. The van der Waals surface area contributed by atoms with E-state index in [0.29, 0.717) is 29.5 Å². The van der Waals surface area contributed by atoms with Crippen molar-refractivity contribution >= 4 is 17.5 Å². The lowest BCUT2D eigenvalue weighted by Crippen LogP contribution is -2.24. The fourth-order valence-corrected chi connectivity index (χ4v) is 3.51. The number of hydrogen-bond acceptors (Lipinski definition) is 8. The molecule has 31 heavy (non-hydrogen) atoms. The molecule has 1 unspecified atom stereocenters. The zero-order valence-electron chi connectivity index (χ0n) is 17.5. The van der Waals surface area contributed by atoms with E-state index in [-0.39, 0.29) is 17.8 Å². The zero-order valence-corrected chi connectivity index (χ0v) is 17.5. The van der Waals surface area contributed by atoms with Crippen molar-refractivity contribution in [2.45, 2.75) is 12.5 Å². The molecule has 1 aromatic heterocycles. The second-order valence-corrected chi connectivity index (χ2v) is 6.78. The van der Waals surface area contributed by atoms with Crippen LogP contribution in [0.4, 0.5) is 21.8 Å². The van der Waals surface area contributed by atoms with Gasteiger partial charge in [0.15, 0.2) is 23.1 Å². The molecule has 1 aliphatic heterocycles. The van der Waals surface area contributed by atoms with Crippen LogP contribution >= 0.6 is 0 Å². The molecule has 4 rings (SSSR count). The number of aromatic nitrogens is 2. The molecule has 0 radical (unpaired) electrons. The molecule has 2 aromatic carbocycles. The van der Waals surface area contributed by atoms with Crippen LogP contribution in [0, 0.1) is 5.82 Å². The Kier molecular flexibility index (Phi) is 6.03. The van der Waals surface area contributed by atoms with Crippen LogP contribution in [-0.4, -0.2) is 37.9 Å². The monoisotopic (exact) mass is 426 g/mol. The van der Waals surface area contributed by atoms with E-state index in [1.807, 2.05) is 30.3 Å². The summed E-state index contributed by atoms with van der Waals surface area (Å²) in [6, 6.07) is 13.1. The van der Waals surface area contributed by atoms with Gasteiger partial charge in [-0.1, -0.05) is 30.3 Å². The van der Waals surface area contributed by atoms with Crippen molar-refractivity contribution < 1.29 is 23.4 Å². The third-order valence-electron chi connectivity index (χ3n) is 4.94. The van der Waals surface area contributed by atoms with E-state index < -0.39 is 5.82 Å². The summed E-state index contributed by atoms with van der Waals surface area (Å²) in [6.45, 7) is 0.471. The first kappa shape index (κ1) is 20.7. The Morgan fingerprint density at radius 3 is 2.42 bits per heavy atom. The van der Waals surface area contributed by atoms with E-state index in [0.717, 1.165) is 18.2 Å². The SMILES string of the molecule is COc1cc(Nc2ncc(F)c(N3OCCC3c3ccccc3)n2)cc(OC)c1OC. The van der Waals surface area contributed by atoms with Crippen molar-refractivity contribution in [3.05, 3.63) is 60.0 Å². The summed E-state index contributed by atoms with van der Waals surface area (Å²) in [6.07, 6.45) is 1.84. The summed E-state index contributed by atoms with van der Waals surface area (Å²) >= 11 is 0. The van der Waals surface area contributed by atoms with Gasteiger partial charge in [0, 0.05) is 24.2 Å². The van der Waals surface area contributed by atoms with E-state index in [4.69, 9.17) is 19.0 Å². The van der Waals surface area contributed by atoms with Gasteiger partial charge in [-0.25, -0.2) is 14.4 Å². The standard InChI is InChI=1S/C22H23FN4O4/c1-28-18-11-15(12-19(29-2)20(18)30-3)25-22-24-13-16(23)21(26-22)27-17(9-10-31-27)14-7-5-4-6-8-14/h4-8,11-13,17H,9-10H2,1-3H3,(H,24,25,26). The highest BCUT2D eigenvalue weighted by atomic mass is 19.1. The van der Waals surface area contributed by atoms with E-state index >= 15 is 0 Å². The average molecular weight is 426 g/mol. The molecule has 0 saturated carbocycles. The maximum absolute atomic E-state index is 14.7. The van der Waals surface area contributed by atoms with Crippen LogP contribution in [0.2, 0.25) is 0 Å². The lowest BCUT2D eigenvalue weighted by atomic mass is 10.0. The Morgan fingerprint density at radius 2 is 1.77 bits per heavy atom. The fraction of sp³-hybridized carbons (Fsp3) is 0.273. The molecule has 162 valence electrons. The van der Waals surface area contributed by atoms with Crippen LogP contribution in [0.25, 0.3) is 0 Å². The number of rotatable bonds is 7. The predicted octanol–water partition coefficient (Wildman–Crippen LogP) is 4.27. The third kappa shape index (κ3) is 4.17. The number of benzene rings is 2. The van der Waals surface area contributed by atoms with Crippen molar-refractivity contribution in [3.8, 4) is 17.2 Å². The highest BCUT2D eigenvalue weighted by molar-refractivity contribution is 5.66. The van der Waals surface area contributed by atoms with Gasteiger partial charge in [-0.15, -0.1) is 0 Å². The van der Waals surface area contributed by atoms with Gasteiger partial charge in [-0.3, -0.25) is 4.84 Å². The van der Waals surface area contributed by atoms with E-state index in [2.05, 4.69) is 15.3 Å². The fourth-order valence-electron chi connectivity index (χ4n) is 3.51. The minimum atomic E-state index is -0.571. The predicted molar refractivity (Wildman–Crippen MR) is 114 cm³/mol. The Labute approximate surface area is 179 Å². The van der Waals surface area contributed by atoms with Gasteiger partial charge in [0.2, 0.25) is 11.7 Å². The van der Waals surface area contributed by atoms with Gasteiger partial charge >= 0.3 is 0 Å². The molecule has 2 heterocycles. The summed E-state index contributed by atoms with van der Waals surface area (Å²) < 4.78 is 30.7. The van der Waals surface area contributed by atoms with E-state index in [9.17, 15) is 4.39 Å². The van der Waals surface area contributed by atoms with Crippen molar-refractivity contribution in [1.82, 2.24) is 9.97 Å². The number of hydrogen-bond donors (Lipinski definition) is 1. The van der Waals surface area contributed by atoms with Gasteiger partial charge in [0.1, 0.15) is 0 Å². The minimum absolute atomic E-state index is 0.0660. The third-order valence-corrected chi connectivity index (χ3v) is 4.94. The molecule has 3 aromatic rings. The molecule has 0 aliphatic carbocycles. The number of hydroxylamine groups is 1. The Balaban J connectivity index is 1.64. The van der Waals surface area contributed by atoms with Crippen molar-refractivity contribution in [2.75, 3.05) is 38.3 Å². The van der Waals surface area contributed by atoms with Crippen LogP contribution in [0.5, 0.6) is 17.2 Å². The largest absolute Gasteiger partial charge is 0.493 e. The van der Waals surface area contributed by atoms with Gasteiger partial charge in [0.25, 0.3) is 0 Å². The summed E-state index contributed by atoms with van der Waals surface area (Å²) in [4.78, 5) is 14.1. The lowest BCUT2D eigenvalue weighted by molar-refractivity contribution is 0.154. The first-order chi connectivity index (χ1) is 15.1. The first-order valence-electron chi connectivity index (χ1n) is 9.71. The number of ether oxygens (including phenoxy) is 3. The zero-order chi connectivity index (χ0) is 21.8. The maximum atomic E-state index is 14.7. The van der Waals surface area contributed by atoms with Gasteiger partial charge in [-0.05, 0) is 5.56 Å². The summed E-state index contributed by atoms with van der Waals surface area (Å²) in [5.74, 6) is 1.10. The molecule has 1 aliphatic rings. The number of anilines is 3. The number of nitrogens with zero attached hydrogens (tertiary/aromatic N) is 3. The Hall–Kier alpha value is -3.59. The van der Waals surface area contributed by atoms with E-state index in [1.165, 1.54) is 26.4 Å². The number of nitrogens with one attached hydrogen (secondary N) is 1. The maximum Gasteiger partial charge on any atom is 0.229 e. The number of methoxy groups -OCH3 is 3. The quantitative estimate of drug-likeness (QED) is 0.600. The molecular formula is C22H23FN4O4. The summed E-state index contributed by atoms with van der Waals surface area (Å²) in [5, 5.41) is 4.57. The molecule has 0 bridgehead atoms. The average Bonchev–Trinajstić information content (AvgIpc) is 3.30. The smallest absolute Gasteiger partial charge is 0.229 e. The molecule has 1 fully saturated rings. The summed E-state index contributed by atoms with van der Waals surface area (Å²) in [7, 11) is 4.59. The van der Waals surface area contributed by atoms with Crippen molar-refractivity contribution in [1.29, 1.82) is 0 Å². The molecule has 9 heteroatoms. The van der Waals surface area contributed by atoms with Crippen LogP contribution in [0.3, 0.4) is 0 Å². The Bertz CT molecular complexity index is 1030. The van der Waals surface area contributed by atoms with E-state index in [1.54, 1.807) is 12.1 Å². The summed E-state index contributed by atoms with van der Waals surface area (Å²) in [5.41, 5.74) is 1.62. The molecule has 1 atom stereocenters. The molecule has 1 saturated heterocycles. The van der Waals surface area contributed by atoms with Gasteiger partial charge < -0.3 is 19.5 Å². The molecule has 0 spiro atoms. The first-order valence-corrected chi connectivity index (χ1v) is 9.71. The molecular weight excluding hydrogens is 403 g/mol. The van der Waals surface area contributed by atoms with Gasteiger partial charge in [-0.2, -0.15) is 4.98 Å². The highest BCUT2D eigenvalue weighted by Gasteiger charge is 2.31. The molecule has 0 amide bonds. The second-order valence-electron chi connectivity index (χ2n) is 6.78. The van der Waals surface area contributed by atoms with Crippen LogP contribution in [-0.2, 0) is 4.84 Å². The van der Waals surface area contributed by atoms with Crippen molar-refractivity contribution in [3.63, 3.8) is 0 Å². The number of halogens is 1. The second kappa shape index (κ2) is 9.05. The van der Waals surface area contributed by atoms with Crippen LogP contribution < -0.4 is 24.6 Å². The Morgan fingerprint density at radius 1 is 1.06 bits per heavy atom. The van der Waals surface area contributed by atoms with Crippen LogP contribution in [0.1, 0.15) is 18.0 Å². The topological polar surface area (TPSA) is 78.0 Å². The molecule has 8 nitrogen and oxygen atoms in total. The van der Waals surface area contributed by atoms with Crippen molar-refractivity contribution in [2.24, 2.45) is 0 Å². The normalized spacial score (nSPS) is 15.6. The van der Waals surface area contributed by atoms with Gasteiger partial charge in [0.05, 0.1) is 40.2 Å². The highest BCUT2D eigenvalue weighted by Crippen LogP contribution is 2.41. The molecule has 1 N–H and O–H groups in total. The lowest BCUT2D eigenvalue weighted by Gasteiger charge is -2.24.